The maximum atomic E-state index is 11.9. The van der Waals surface area contributed by atoms with Gasteiger partial charge in [-0.3, -0.25) is 9.78 Å². The summed E-state index contributed by atoms with van der Waals surface area (Å²) in [5, 5.41) is 2.89. The molecule has 0 aromatic carbocycles. The van der Waals surface area contributed by atoms with E-state index >= 15 is 0 Å². The zero-order valence-electron chi connectivity index (χ0n) is 11.4. The minimum absolute atomic E-state index is 0.0159. The fourth-order valence-corrected chi connectivity index (χ4v) is 2.01. The van der Waals surface area contributed by atoms with E-state index in [0.717, 1.165) is 17.8 Å². The normalized spacial score (nSPS) is 12.5. The Hall–Kier alpha value is -1.42. The van der Waals surface area contributed by atoms with E-state index in [4.69, 9.17) is 5.73 Å². The highest BCUT2D eigenvalue weighted by atomic mass is 16.1. The van der Waals surface area contributed by atoms with E-state index in [1.165, 1.54) is 0 Å². The molecule has 0 spiro atoms. The molecule has 4 heteroatoms. The minimum atomic E-state index is 0.0159. The van der Waals surface area contributed by atoms with Gasteiger partial charge in [-0.25, -0.2) is 0 Å². The summed E-state index contributed by atoms with van der Waals surface area (Å²) in [4.78, 5) is 16.1. The van der Waals surface area contributed by atoms with Gasteiger partial charge in [-0.1, -0.05) is 13.8 Å². The second-order valence-electron chi connectivity index (χ2n) is 5.12. The van der Waals surface area contributed by atoms with Crippen LogP contribution in [0.1, 0.15) is 32.4 Å². The van der Waals surface area contributed by atoms with Crippen LogP contribution in [0.15, 0.2) is 18.3 Å². The molecule has 3 N–H and O–H groups in total. The highest BCUT2D eigenvalue weighted by Gasteiger charge is 2.14. The van der Waals surface area contributed by atoms with Crippen LogP contribution in [0, 0.1) is 18.8 Å². The molecule has 0 bridgehead atoms. The number of anilines is 1. The fraction of sp³-hybridized carbons (Fsp3) is 0.571. The molecule has 0 saturated carbocycles. The lowest BCUT2D eigenvalue weighted by Crippen LogP contribution is -2.23. The maximum Gasteiger partial charge on any atom is 0.224 e. The van der Waals surface area contributed by atoms with Crippen molar-refractivity contribution in [2.24, 2.45) is 17.6 Å². The topological polar surface area (TPSA) is 68.0 Å². The van der Waals surface area contributed by atoms with Crippen molar-refractivity contribution in [1.29, 1.82) is 0 Å². The molecule has 1 aromatic rings. The van der Waals surface area contributed by atoms with Gasteiger partial charge in [-0.15, -0.1) is 0 Å². The van der Waals surface area contributed by atoms with E-state index in [-0.39, 0.29) is 11.8 Å². The molecular weight excluding hydrogens is 226 g/mol. The summed E-state index contributed by atoms with van der Waals surface area (Å²) in [5.74, 6) is 0.829. The molecule has 1 unspecified atom stereocenters. The summed E-state index contributed by atoms with van der Waals surface area (Å²) in [6.07, 6.45) is 3.17. The lowest BCUT2D eigenvalue weighted by Gasteiger charge is -2.16. The molecule has 0 saturated heterocycles. The molecule has 1 atom stereocenters. The Morgan fingerprint density at radius 2 is 2.22 bits per heavy atom. The number of carbonyl (C=O) groups is 1. The zero-order valence-corrected chi connectivity index (χ0v) is 11.4. The molecule has 1 rings (SSSR count). The van der Waals surface area contributed by atoms with E-state index < -0.39 is 0 Å². The average molecular weight is 249 g/mol. The first-order valence-corrected chi connectivity index (χ1v) is 6.44. The first-order valence-electron chi connectivity index (χ1n) is 6.44. The van der Waals surface area contributed by atoms with E-state index in [1.54, 1.807) is 6.20 Å². The smallest absolute Gasteiger partial charge is 0.224 e. The standard InChI is InChI=1S/C14H23N3O/c1-10(2)7-12(9-15)8-14(18)17-13-5-4-6-16-11(13)3/h4-6,10,12H,7-9,15H2,1-3H3,(H,17,18). The van der Waals surface area contributed by atoms with Crippen molar-refractivity contribution in [3.05, 3.63) is 24.0 Å². The van der Waals surface area contributed by atoms with Crippen molar-refractivity contribution >= 4 is 11.6 Å². The Bertz CT molecular complexity index is 390. The summed E-state index contributed by atoms with van der Waals surface area (Å²) < 4.78 is 0. The molecule has 4 nitrogen and oxygen atoms in total. The van der Waals surface area contributed by atoms with Crippen LogP contribution in [0.25, 0.3) is 0 Å². The van der Waals surface area contributed by atoms with Crippen molar-refractivity contribution in [2.45, 2.75) is 33.6 Å². The Morgan fingerprint density at radius 1 is 1.50 bits per heavy atom. The Kier molecular flexibility index (Phi) is 5.78. The number of hydrogen-bond acceptors (Lipinski definition) is 3. The van der Waals surface area contributed by atoms with Crippen LogP contribution in [0.5, 0.6) is 0 Å². The second-order valence-corrected chi connectivity index (χ2v) is 5.12. The van der Waals surface area contributed by atoms with Gasteiger partial charge in [0.2, 0.25) is 5.91 Å². The highest BCUT2D eigenvalue weighted by Crippen LogP contribution is 2.16. The van der Waals surface area contributed by atoms with Crippen LogP contribution >= 0.6 is 0 Å². The van der Waals surface area contributed by atoms with Gasteiger partial charge in [-0.2, -0.15) is 0 Å². The van der Waals surface area contributed by atoms with Gasteiger partial charge in [0.1, 0.15) is 0 Å². The number of rotatable bonds is 6. The van der Waals surface area contributed by atoms with Gasteiger partial charge in [0, 0.05) is 12.6 Å². The van der Waals surface area contributed by atoms with Crippen LogP contribution in [0.4, 0.5) is 5.69 Å². The monoisotopic (exact) mass is 249 g/mol. The molecule has 0 aliphatic carbocycles. The quantitative estimate of drug-likeness (QED) is 0.813. The summed E-state index contributed by atoms with van der Waals surface area (Å²) in [6.45, 7) is 6.72. The van der Waals surface area contributed by atoms with Crippen molar-refractivity contribution < 1.29 is 4.79 Å². The van der Waals surface area contributed by atoms with Gasteiger partial charge in [-0.05, 0) is 43.9 Å². The molecule has 1 aromatic heterocycles. The molecule has 0 fully saturated rings. The Labute approximate surface area is 109 Å². The van der Waals surface area contributed by atoms with Crippen LogP contribution in [0.3, 0.4) is 0 Å². The SMILES string of the molecule is Cc1ncccc1NC(=O)CC(CN)CC(C)C. The maximum absolute atomic E-state index is 11.9. The van der Waals surface area contributed by atoms with Gasteiger partial charge >= 0.3 is 0 Å². The molecule has 0 radical (unpaired) electrons. The van der Waals surface area contributed by atoms with Crippen molar-refractivity contribution in [2.75, 3.05) is 11.9 Å². The Morgan fingerprint density at radius 3 is 2.78 bits per heavy atom. The molecule has 0 aliphatic heterocycles. The first-order chi connectivity index (χ1) is 8.52. The molecule has 100 valence electrons. The van der Waals surface area contributed by atoms with Crippen LogP contribution < -0.4 is 11.1 Å². The molecule has 0 aliphatic rings. The number of aromatic nitrogens is 1. The number of amides is 1. The predicted molar refractivity (Wildman–Crippen MR) is 74.2 cm³/mol. The molecule has 1 heterocycles. The zero-order chi connectivity index (χ0) is 13.5. The third-order valence-electron chi connectivity index (χ3n) is 2.89. The lowest BCUT2D eigenvalue weighted by molar-refractivity contribution is -0.117. The van der Waals surface area contributed by atoms with Crippen molar-refractivity contribution in [3.8, 4) is 0 Å². The van der Waals surface area contributed by atoms with E-state index in [0.29, 0.717) is 18.9 Å². The fourth-order valence-electron chi connectivity index (χ4n) is 2.01. The van der Waals surface area contributed by atoms with Gasteiger partial charge in [0.05, 0.1) is 11.4 Å². The summed E-state index contributed by atoms with van der Waals surface area (Å²) in [6, 6.07) is 3.68. The average Bonchev–Trinajstić information content (AvgIpc) is 2.30. The minimum Gasteiger partial charge on any atom is -0.330 e. The number of hydrogen-bond donors (Lipinski definition) is 2. The number of nitrogens with zero attached hydrogens (tertiary/aromatic N) is 1. The van der Waals surface area contributed by atoms with E-state index in [9.17, 15) is 4.79 Å². The predicted octanol–water partition coefficient (Wildman–Crippen LogP) is 2.34. The Balaban J connectivity index is 2.53. The van der Waals surface area contributed by atoms with Crippen LogP contribution in [0.2, 0.25) is 0 Å². The van der Waals surface area contributed by atoms with Crippen LogP contribution in [-0.4, -0.2) is 17.4 Å². The van der Waals surface area contributed by atoms with Crippen LogP contribution in [-0.2, 0) is 4.79 Å². The highest BCUT2D eigenvalue weighted by molar-refractivity contribution is 5.91. The molecule has 1 amide bonds. The molecule has 18 heavy (non-hydrogen) atoms. The third kappa shape index (κ3) is 4.84. The summed E-state index contributed by atoms with van der Waals surface area (Å²) in [5.41, 5.74) is 7.31. The number of carbonyl (C=O) groups excluding carboxylic acids is 1. The third-order valence-corrected chi connectivity index (χ3v) is 2.89. The summed E-state index contributed by atoms with van der Waals surface area (Å²) >= 11 is 0. The number of nitrogens with one attached hydrogen (secondary N) is 1. The van der Waals surface area contributed by atoms with Crippen molar-refractivity contribution in [1.82, 2.24) is 4.98 Å². The number of aryl methyl sites for hydroxylation is 1. The summed E-state index contributed by atoms with van der Waals surface area (Å²) in [7, 11) is 0. The lowest BCUT2D eigenvalue weighted by atomic mass is 9.94. The van der Waals surface area contributed by atoms with E-state index in [1.807, 2.05) is 19.1 Å². The number of pyridine rings is 1. The van der Waals surface area contributed by atoms with Gasteiger partial charge in [0.15, 0.2) is 0 Å². The van der Waals surface area contributed by atoms with Gasteiger partial charge in [0.25, 0.3) is 0 Å². The first kappa shape index (κ1) is 14.6. The van der Waals surface area contributed by atoms with Crippen molar-refractivity contribution in [3.63, 3.8) is 0 Å². The van der Waals surface area contributed by atoms with Gasteiger partial charge < -0.3 is 11.1 Å². The van der Waals surface area contributed by atoms with E-state index in [2.05, 4.69) is 24.1 Å². The molecular formula is C14H23N3O. The largest absolute Gasteiger partial charge is 0.330 e. The second kappa shape index (κ2) is 7.11. The number of nitrogens with two attached hydrogens (primary N) is 1.